The quantitative estimate of drug-likeness (QED) is 0.647. The lowest BCUT2D eigenvalue weighted by molar-refractivity contribution is 0.0662. The van der Waals surface area contributed by atoms with Crippen molar-refractivity contribution < 1.29 is 9.84 Å². The summed E-state index contributed by atoms with van der Waals surface area (Å²) in [6, 6.07) is 10.2. The zero-order valence-corrected chi connectivity index (χ0v) is 13.1. The molecule has 1 unspecified atom stereocenters. The second-order valence-electron chi connectivity index (χ2n) is 5.75. The van der Waals surface area contributed by atoms with Gasteiger partial charge in [0.15, 0.2) is 0 Å². The molecule has 1 rings (SSSR count). The predicted molar refractivity (Wildman–Crippen MR) is 83.8 cm³/mol. The zero-order chi connectivity index (χ0) is 14.8. The highest BCUT2D eigenvalue weighted by Gasteiger charge is 2.30. The van der Waals surface area contributed by atoms with Gasteiger partial charge in [0, 0.05) is 13.2 Å². The Balaban J connectivity index is 2.72. The van der Waals surface area contributed by atoms with E-state index in [1.807, 2.05) is 18.2 Å². The molecule has 1 aromatic rings. The van der Waals surface area contributed by atoms with Crippen LogP contribution in [0.4, 0.5) is 0 Å². The molecule has 0 spiro atoms. The first-order valence-corrected chi connectivity index (χ1v) is 7.63. The van der Waals surface area contributed by atoms with Crippen molar-refractivity contribution in [3.8, 4) is 0 Å². The molecule has 0 radical (unpaired) electrons. The summed E-state index contributed by atoms with van der Waals surface area (Å²) in [6.07, 6.45) is 1.82. The number of aliphatic hydroxyl groups is 1. The fourth-order valence-corrected chi connectivity index (χ4v) is 2.25. The highest BCUT2D eigenvalue weighted by molar-refractivity contribution is 5.24. The van der Waals surface area contributed by atoms with E-state index in [0.29, 0.717) is 12.5 Å². The molecule has 0 amide bonds. The maximum absolute atomic E-state index is 9.95. The van der Waals surface area contributed by atoms with Gasteiger partial charge in [0.1, 0.15) is 0 Å². The van der Waals surface area contributed by atoms with Crippen molar-refractivity contribution in [1.82, 2.24) is 5.32 Å². The van der Waals surface area contributed by atoms with Gasteiger partial charge in [-0.15, -0.1) is 0 Å². The Kier molecular flexibility index (Phi) is 7.82. The lowest BCUT2D eigenvalue weighted by atomic mass is 9.87. The van der Waals surface area contributed by atoms with E-state index in [0.717, 1.165) is 31.6 Å². The minimum absolute atomic E-state index is 0.0854. The summed E-state index contributed by atoms with van der Waals surface area (Å²) < 4.78 is 5.70. The molecule has 0 bridgehead atoms. The minimum atomic E-state index is -0.395. The molecule has 0 aliphatic rings. The van der Waals surface area contributed by atoms with E-state index in [-0.39, 0.29) is 6.61 Å². The largest absolute Gasteiger partial charge is 0.394 e. The van der Waals surface area contributed by atoms with E-state index in [2.05, 4.69) is 38.2 Å². The number of ether oxygens (including phenoxy) is 1. The van der Waals surface area contributed by atoms with Crippen LogP contribution in [-0.4, -0.2) is 31.5 Å². The third-order valence-corrected chi connectivity index (χ3v) is 3.43. The number of nitrogens with one attached hydrogen (secondary N) is 1. The van der Waals surface area contributed by atoms with Crippen LogP contribution in [0, 0.1) is 5.92 Å². The Morgan fingerprint density at radius 1 is 1.25 bits per heavy atom. The van der Waals surface area contributed by atoms with Gasteiger partial charge in [-0.25, -0.2) is 0 Å². The Hall–Kier alpha value is -0.900. The highest BCUT2D eigenvalue weighted by atomic mass is 16.5. The Bertz CT molecular complexity index is 353. The fourth-order valence-electron chi connectivity index (χ4n) is 2.25. The molecule has 114 valence electrons. The smallest absolute Gasteiger partial charge is 0.0691 e. The molecule has 2 N–H and O–H groups in total. The number of hydrogen-bond acceptors (Lipinski definition) is 3. The molecule has 0 saturated carbocycles. The maximum Gasteiger partial charge on any atom is 0.0691 e. The first kappa shape index (κ1) is 17.2. The van der Waals surface area contributed by atoms with Crippen molar-refractivity contribution in [3.05, 3.63) is 35.9 Å². The van der Waals surface area contributed by atoms with Crippen molar-refractivity contribution in [1.29, 1.82) is 0 Å². The molecule has 0 saturated heterocycles. The third kappa shape index (κ3) is 5.23. The minimum Gasteiger partial charge on any atom is -0.394 e. The Morgan fingerprint density at radius 2 is 1.95 bits per heavy atom. The molecule has 0 fully saturated rings. The van der Waals surface area contributed by atoms with Crippen molar-refractivity contribution in [3.63, 3.8) is 0 Å². The second-order valence-corrected chi connectivity index (χ2v) is 5.75. The van der Waals surface area contributed by atoms with Gasteiger partial charge in [-0.3, -0.25) is 0 Å². The summed E-state index contributed by atoms with van der Waals surface area (Å²) in [4.78, 5) is 0. The lowest BCUT2D eigenvalue weighted by Gasteiger charge is -2.34. The van der Waals surface area contributed by atoms with Gasteiger partial charge in [0.2, 0.25) is 0 Å². The van der Waals surface area contributed by atoms with Gasteiger partial charge in [-0.1, -0.05) is 51.1 Å². The highest BCUT2D eigenvalue weighted by Crippen LogP contribution is 2.25. The van der Waals surface area contributed by atoms with E-state index < -0.39 is 5.54 Å². The zero-order valence-electron chi connectivity index (χ0n) is 13.1. The predicted octanol–water partition coefficient (Wildman–Crippen LogP) is 2.94. The van der Waals surface area contributed by atoms with Crippen LogP contribution in [0.25, 0.3) is 0 Å². The topological polar surface area (TPSA) is 41.5 Å². The molecule has 3 heteroatoms. The van der Waals surface area contributed by atoms with Crippen molar-refractivity contribution >= 4 is 0 Å². The summed E-state index contributed by atoms with van der Waals surface area (Å²) in [5, 5.41) is 13.5. The molecular formula is C17H29NO2. The number of benzene rings is 1. The Morgan fingerprint density at radius 3 is 2.50 bits per heavy atom. The van der Waals surface area contributed by atoms with Crippen LogP contribution in [0.3, 0.4) is 0 Å². The number of aliphatic hydroxyl groups excluding tert-OH is 1. The van der Waals surface area contributed by atoms with Crippen molar-refractivity contribution in [2.24, 2.45) is 5.92 Å². The van der Waals surface area contributed by atoms with Gasteiger partial charge >= 0.3 is 0 Å². The van der Waals surface area contributed by atoms with Crippen LogP contribution in [0.5, 0.6) is 0 Å². The van der Waals surface area contributed by atoms with Crippen LogP contribution in [-0.2, 0) is 10.3 Å². The molecule has 1 aromatic carbocycles. The maximum atomic E-state index is 9.95. The van der Waals surface area contributed by atoms with Crippen LogP contribution in [0.1, 0.15) is 39.2 Å². The van der Waals surface area contributed by atoms with E-state index in [1.54, 1.807) is 0 Å². The molecule has 0 aliphatic heterocycles. The van der Waals surface area contributed by atoms with E-state index in [1.165, 1.54) is 0 Å². The normalized spacial score (nSPS) is 14.4. The van der Waals surface area contributed by atoms with Gasteiger partial charge < -0.3 is 15.2 Å². The average molecular weight is 279 g/mol. The lowest BCUT2D eigenvalue weighted by Crippen LogP contribution is -2.47. The molecular weight excluding hydrogens is 250 g/mol. The molecule has 0 aliphatic carbocycles. The molecule has 0 heterocycles. The standard InChI is InChI=1S/C17H29NO2/c1-4-11-18-17(14-19,10-12-20-13-15(2)3)16-8-6-5-7-9-16/h5-9,15,18-19H,4,10-14H2,1-3H3. The summed E-state index contributed by atoms with van der Waals surface area (Å²) in [7, 11) is 0. The first-order valence-electron chi connectivity index (χ1n) is 7.63. The monoisotopic (exact) mass is 279 g/mol. The average Bonchev–Trinajstić information content (AvgIpc) is 2.48. The first-order chi connectivity index (χ1) is 9.64. The number of rotatable bonds is 10. The van der Waals surface area contributed by atoms with Gasteiger partial charge in [0.05, 0.1) is 12.1 Å². The van der Waals surface area contributed by atoms with Crippen LogP contribution in [0.2, 0.25) is 0 Å². The molecule has 20 heavy (non-hydrogen) atoms. The summed E-state index contributed by atoms with van der Waals surface area (Å²) in [5.41, 5.74) is 0.734. The van der Waals surface area contributed by atoms with E-state index in [4.69, 9.17) is 4.74 Å². The summed E-state index contributed by atoms with van der Waals surface area (Å²) >= 11 is 0. The number of hydrogen-bond donors (Lipinski definition) is 2. The van der Waals surface area contributed by atoms with Crippen LogP contribution in [0.15, 0.2) is 30.3 Å². The Labute approximate surface area is 123 Å². The molecule has 0 aromatic heterocycles. The fraction of sp³-hybridized carbons (Fsp3) is 0.647. The third-order valence-electron chi connectivity index (χ3n) is 3.43. The second kappa shape index (κ2) is 9.11. The van der Waals surface area contributed by atoms with Gasteiger partial charge in [0.25, 0.3) is 0 Å². The summed E-state index contributed by atoms with van der Waals surface area (Å²) in [6.45, 7) is 8.82. The van der Waals surface area contributed by atoms with Crippen molar-refractivity contribution in [2.75, 3.05) is 26.4 Å². The van der Waals surface area contributed by atoms with Gasteiger partial charge in [-0.05, 0) is 30.9 Å². The molecule has 1 atom stereocenters. The summed E-state index contributed by atoms with van der Waals surface area (Å²) in [5.74, 6) is 0.541. The van der Waals surface area contributed by atoms with E-state index in [9.17, 15) is 5.11 Å². The van der Waals surface area contributed by atoms with Crippen LogP contribution < -0.4 is 5.32 Å². The van der Waals surface area contributed by atoms with E-state index >= 15 is 0 Å². The molecule has 3 nitrogen and oxygen atoms in total. The SMILES string of the molecule is CCCNC(CO)(CCOCC(C)C)c1ccccc1. The van der Waals surface area contributed by atoms with Crippen molar-refractivity contribution in [2.45, 2.75) is 39.2 Å². The van der Waals surface area contributed by atoms with Gasteiger partial charge in [-0.2, -0.15) is 0 Å². The van der Waals surface area contributed by atoms with Crippen LogP contribution >= 0.6 is 0 Å².